The first-order valence-electron chi connectivity index (χ1n) is 3.16. The van der Waals surface area contributed by atoms with Crippen LogP contribution in [0.5, 0.6) is 23.0 Å². The van der Waals surface area contributed by atoms with Crippen LogP contribution in [0.3, 0.4) is 0 Å². The summed E-state index contributed by atoms with van der Waals surface area (Å²) in [5.74, 6) is -3.36. The zero-order valence-corrected chi connectivity index (χ0v) is 6.31. The van der Waals surface area contributed by atoms with Crippen molar-refractivity contribution in [3.8, 4) is 29.1 Å². The number of nitrogens with zero attached hydrogens (tertiary/aromatic N) is 1. The van der Waals surface area contributed by atoms with E-state index >= 15 is 0 Å². The van der Waals surface area contributed by atoms with E-state index in [-0.39, 0.29) is 0 Å². The molecule has 0 amide bonds. The molecular formula is C7H6N2O4. The molecule has 0 atom stereocenters. The smallest absolute Gasteiger partial charge is 0.186 e. The molecule has 0 aliphatic carbocycles. The maximum Gasteiger partial charge on any atom is 0.186 e. The summed E-state index contributed by atoms with van der Waals surface area (Å²) >= 11 is 0. The van der Waals surface area contributed by atoms with Crippen molar-refractivity contribution < 1.29 is 20.4 Å². The Kier molecular flexibility index (Phi) is 1.79. The third-order valence-electron chi connectivity index (χ3n) is 1.54. The largest absolute Gasteiger partial charge is 0.503 e. The number of hydrogen-bond acceptors (Lipinski definition) is 6. The number of phenolic OH excluding ortho intramolecular Hbond substituents is 4. The van der Waals surface area contributed by atoms with Gasteiger partial charge < -0.3 is 26.2 Å². The summed E-state index contributed by atoms with van der Waals surface area (Å²) in [6.45, 7) is 0. The molecule has 0 saturated heterocycles. The van der Waals surface area contributed by atoms with Crippen LogP contribution in [0.15, 0.2) is 0 Å². The molecule has 0 heterocycles. The fourth-order valence-corrected chi connectivity index (χ4v) is 0.822. The van der Waals surface area contributed by atoms with Gasteiger partial charge in [0, 0.05) is 0 Å². The average Bonchev–Trinajstić information content (AvgIpc) is 2.13. The molecule has 1 rings (SSSR count). The third kappa shape index (κ3) is 1.03. The van der Waals surface area contributed by atoms with E-state index in [9.17, 15) is 0 Å². The van der Waals surface area contributed by atoms with Gasteiger partial charge in [-0.1, -0.05) is 0 Å². The Morgan fingerprint density at radius 2 is 1.31 bits per heavy atom. The highest BCUT2D eigenvalue weighted by atomic mass is 16.3. The van der Waals surface area contributed by atoms with Crippen LogP contribution >= 0.6 is 0 Å². The molecule has 0 aliphatic heterocycles. The van der Waals surface area contributed by atoms with Crippen LogP contribution in [0, 0.1) is 11.3 Å². The molecule has 1 aromatic rings. The quantitative estimate of drug-likeness (QED) is 0.217. The number of phenols is 4. The van der Waals surface area contributed by atoms with Crippen molar-refractivity contribution in [1.82, 2.24) is 0 Å². The molecule has 0 radical (unpaired) electrons. The van der Waals surface area contributed by atoms with Gasteiger partial charge in [-0.2, -0.15) is 5.26 Å². The maximum atomic E-state index is 9.06. The lowest BCUT2D eigenvalue weighted by Crippen LogP contribution is -1.90. The predicted molar refractivity (Wildman–Crippen MR) is 42.2 cm³/mol. The molecule has 0 aromatic heterocycles. The molecule has 0 bridgehead atoms. The topological polar surface area (TPSA) is 131 Å². The van der Waals surface area contributed by atoms with Crippen LogP contribution in [0.25, 0.3) is 0 Å². The van der Waals surface area contributed by atoms with E-state index in [1.54, 1.807) is 0 Å². The lowest BCUT2D eigenvalue weighted by Gasteiger charge is -2.07. The van der Waals surface area contributed by atoms with Gasteiger partial charge in [-0.15, -0.1) is 0 Å². The second-order valence-corrected chi connectivity index (χ2v) is 2.29. The van der Waals surface area contributed by atoms with E-state index in [0.29, 0.717) is 0 Å². The first-order chi connectivity index (χ1) is 6.00. The first-order valence-corrected chi connectivity index (χ1v) is 3.16. The van der Waals surface area contributed by atoms with Crippen LogP contribution in [-0.4, -0.2) is 20.4 Å². The standard InChI is InChI=1S/C7H6N2O4/c8-1-2-4(10)6(12)3(9)7(13)5(2)11/h10-13H,9H2. The third-order valence-corrected chi connectivity index (χ3v) is 1.54. The van der Waals surface area contributed by atoms with Crippen molar-refractivity contribution in [2.24, 2.45) is 0 Å². The van der Waals surface area contributed by atoms with Gasteiger partial charge >= 0.3 is 0 Å². The monoisotopic (exact) mass is 182 g/mol. The van der Waals surface area contributed by atoms with Gasteiger partial charge in [-0.3, -0.25) is 0 Å². The number of hydrogen-bond donors (Lipinski definition) is 5. The van der Waals surface area contributed by atoms with E-state index in [1.807, 2.05) is 0 Å². The highest BCUT2D eigenvalue weighted by Crippen LogP contribution is 2.47. The minimum Gasteiger partial charge on any atom is -0.503 e. The van der Waals surface area contributed by atoms with Gasteiger partial charge in [0.1, 0.15) is 17.3 Å². The van der Waals surface area contributed by atoms with Crippen molar-refractivity contribution in [2.75, 3.05) is 5.73 Å². The molecule has 0 aliphatic rings. The van der Waals surface area contributed by atoms with E-state index in [4.69, 9.17) is 31.4 Å². The summed E-state index contributed by atoms with van der Waals surface area (Å²) < 4.78 is 0. The van der Waals surface area contributed by atoms with Crippen molar-refractivity contribution in [3.63, 3.8) is 0 Å². The summed E-state index contributed by atoms with van der Waals surface area (Å²) in [7, 11) is 0. The molecule has 6 heteroatoms. The number of benzene rings is 1. The van der Waals surface area contributed by atoms with Gasteiger partial charge in [0.25, 0.3) is 0 Å². The second kappa shape index (κ2) is 2.64. The summed E-state index contributed by atoms with van der Waals surface area (Å²) in [6.07, 6.45) is 0. The molecule has 1 aromatic carbocycles. The molecule has 13 heavy (non-hydrogen) atoms. The molecule has 0 spiro atoms. The van der Waals surface area contributed by atoms with Crippen LogP contribution in [0.1, 0.15) is 5.56 Å². The van der Waals surface area contributed by atoms with Crippen molar-refractivity contribution in [3.05, 3.63) is 5.56 Å². The van der Waals surface area contributed by atoms with Crippen LogP contribution in [-0.2, 0) is 0 Å². The number of rotatable bonds is 0. The highest BCUT2D eigenvalue weighted by Gasteiger charge is 2.21. The first kappa shape index (κ1) is 8.80. The Morgan fingerprint density at radius 1 is 0.923 bits per heavy atom. The van der Waals surface area contributed by atoms with Gasteiger partial charge in [-0.25, -0.2) is 0 Å². The Labute approximate surface area is 72.7 Å². The Balaban J connectivity index is 3.69. The number of aromatic hydroxyl groups is 4. The summed E-state index contributed by atoms with van der Waals surface area (Å²) in [4.78, 5) is 0. The molecule has 68 valence electrons. The zero-order valence-electron chi connectivity index (χ0n) is 6.31. The fraction of sp³-hybridized carbons (Fsp3) is 0. The lowest BCUT2D eigenvalue weighted by molar-refractivity contribution is 0.374. The van der Waals surface area contributed by atoms with Gasteiger partial charge in [0.2, 0.25) is 0 Å². The number of anilines is 1. The fourth-order valence-electron chi connectivity index (χ4n) is 0.822. The number of nitrogen functional groups attached to an aromatic ring is 1. The van der Waals surface area contributed by atoms with E-state index in [2.05, 4.69) is 0 Å². The van der Waals surface area contributed by atoms with Crippen LogP contribution < -0.4 is 5.73 Å². The minimum atomic E-state index is -0.852. The maximum absolute atomic E-state index is 9.06. The predicted octanol–water partition coefficient (Wildman–Crippen LogP) is -0.0371. The van der Waals surface area contributed by atoms with Crippen LogP contribution in [0.2, 0.25) is 0 Å². The normalized spacial score (nSPS) is 9.46. The van der Waals surface area contributed by atoms with E-state index < -0.39 is 34.2 Å². The molecule has 0 unspecified atom stereocenters. The number of nitriles is 1. The molecular weight excluding hydrogens is 176 g/mol. The lowest BCUT2D eigenvalue weighted by atomic mass is 10.1. The van der Waals surface area contributed by atoms with Crippen molar-refractivity contribution in [2.45, 2.75) is 0 Å². The highest BCUT2D eigenvalue weighted by molar-refractivity contribution is 5.77. The number of nitrogens with two attached hydrogens (primary N) is 1. The molecule has 0 fully saturated rings. The Bertz CT molecular complexity index is 379. The Morgan fingerprint density at radius 3 is 1.62 bits per heavy atom. The van der Waals surface area contributed by atoms with Gasteiger partial charge in [0.05, 0.1) is 0 Å². The average molecular weight is 182 g/mol. The summed E-state index contributed by atoms with van der Waals surface area (Å²) in [5, 5.41) is 44.6. The molecule has 6 N–H and O–H groups in total. The SMILES string of the molecule is N#Cc1c(O)c(O)c(N)c(O)c1O. The molecule has 6 nitrogen and oxygen atoms in total. The Hall–Kier alpha value is -2.29. The zero-order chi connectivity index (χ0) is 10.2. The summed E-state index contributed by atoms with van der Waals surface area (Å²) in [5.41, 5.74) is 3.88. The second-order valence-electron chi connectivity index (χ2n) is 2.29. The van der Waals surface area contributed by atoms with Crippen molar-refractivity contribution >= 4 is 5.69 Å². The van der Waals surface area contributed by atoms with Crippen molar-refractivity contribution in [1.29, 1.82) is 5.26 Å². The van der Waals surface area contributed by atoms with E-state index in [0.717, 1.165) is 0 Å². The molecule has 0 saturated carbocycles. The summed E-state index contributed by atoms with van der Waals surface area (Å²) in [6, 6.07) is 1.40. The van der Waals surface area contributed by atoms with Crippen LogP contribution in [0.4, 0.5) is 5.69 Å². The van der Waals surface area contributed by atoms with Gasteiger partial charge in [0.15, 0.2) is 23.0 Å². The van der Waals surface area contributed by atoms with E-state index in [1.165, 1.54) is 6.07 Å². The van der Waals surface area contributed by atoms with Gasteiger partial charge in [-0.05, 0) is 0 Å². The minimum absolute atomic E-state index is 0.575.